The van der Waals surface area contributed by atoms with Crippen LogP contribution in [0.3, 0.4) is 0 Å². The summed E-state index contributed by atoms with van der Waals surface area (Å²) in [4.78, 5) is 12.9. The van der Waals surface area contributed by atoms with Crippen molar-refractivity contribution in [1.29, 1.82) is 0 Å². The SMILES string of the molecule is CCCCOc1ccc(Br)cc1C(=O)NC(=S)Nc1ccc(S(=O)(=O)Nc2ccc(C)cc2C)cc1. The normalized spacial score (nSPS) is 11.0. The molecule has 36 heavy (non-hydrogen) atoms. The highest BCUT2D eigenvalue weighted by atomic mass is 79.9. The Morgan fingerprint density at radius 2 is 1.75 bits per heavy atom. The minimum atomic E-state index is -3.77. The van der Waals surface area contributed by atoms with Gasteiger partial charge in [-0.25, -0.2) is 8.42 Å². The van der Waals surface area contributed by atoms with E-state index in [4.69, 9.17) is 17.0 Å². The first-order valence-electron chi connectivity index (χ1n) is 11.3. The van der Waals surface area contributed by atoms with Crippen LogP contribution in [0.25, 0.3) is 0 Å². The van der Waals surface area contributed by atoms with Crippen LogP contribution in [-0.2, 0) is 10.0 Å². The van der Waals surface area contributed by atoms with Crippen LogP contribution in [0.2, 0.25) is 0 Å². The first-order valence-corrected chi connectivity index (χ1v) is 14.0. The van der Waals surface area contributed by atoms with E-state index in [9.17, 15) is 13.2 Å². The van der Waals surface area contributed by atoms with Crippen LogP contribution < -0.4 is 20.1 Å². The number of rotatable bonds is 9. The van der Waals surface area contributed by atoms with Crippen molar-refractivity contribution < 1.29 is 17.9 Å². The maximum absolute atomic E-state index is 12.8. The molecule has 0 aromatic heterocycles. The van der Waals surface area contributed by atoms with E-state index < -0.39 is 15.9 Å². The number of nitrogens with one attached hydrogen (secondary N) is 3. The standard InChI is InChI=1S/C26H28BrN3O4S2/c1-4-5-14-34-24-13-7-19(27)16-22(24)25(31)29-26(35)28-20-8-10-21(11-9-20)36(32,33)30-23-12-6-17(2)15-18(23)3/h6-13,15-16,30H,4-5,14H2,1-3H3,(H2,28,29,31,35). The van der Waals surface area contributed by atoms with Crippen molar-refractivity contribution in [3.8, 4) is 5.75 Å². The van der Waals surface area contributed by atoms with Crippen LogP contribution in [0, 0.1) is 13.8 Å². The number of ether oxygens (including phenoxy) is 1. The molecule has 7 nitrogen and oxygen atoms in total. The quantitative estimate of drug-likeness (QED) is 0.204. The summed E-state index contributed by atoms with van der Waals surface area (Å²) in [6, 6.07) is 16.8. The van der Waals surface area contributed by atoms with Crippen LogP contribution >= 0.6 is 28.1 Å². The maximum Gasteiger partial charge on any atom is 0.261 e. The van der Waals surface area contributed by atoms with Gasteiger partial charge in [0.1, 0.15) is 5.75 Å². The molecular weight excluding hydrogens is 562 g/mol. The summed E-state index contributed by atoms with van der Waals surface area (Å²) in [6.45, 7) is 6.37. The lowest BCUT2D eigenvalue weighted by atomic mass is 10.1. The zero-order valence-corrected chi connectivity index (χ0v) is 23.4. The Labute approximate surface area is 225 Å². The number of carbonyl (C=O) groups excluding carboxylic acids is 1. The number of amides is 1. The number of thiocarbonyl (C=S) groups is 1. The van der Waals surface area contributed by atoms with E-state index in [1.54, 1.807) is 36.4 Å². The van der Waals surface area contributed by atoms with Gasteiger partial charge in [-0.2, -0.15) is 0 Å². The Morgan fingerprint density at radius 1 is 1.03 bits per heavy atom. The van der Waals surface area contributed by atoms with E-state index in [0.717, 1.165) is 28.4 Å². The van der Waals surface area contributed by atoms with Crippen LogP contribution in [0.1, 0.15) is 41.3 Å². The van der Waals surface area contributed by atoms with Crippen molar-refractivity contribution >= 4 is 60.6 Å². The summed E-state index contributed by atoms with van der Waals surface area (Å²) in [6.07, 6.45) is 1.86. The summed E-state index contributed by atoms with van der Waals surface area (Å²) in [5, 5.41) is 5.62. The molecule has 10 heteroatoms. The fraction of sp³-hybridized carbons (Fsp3) is 0.231. The van der Waals surface area contributed by atoms with E-state index in [0.29, 0.717) is 29.3 Å². The highest BCUT2D eigenvalue weighted by Crippen LogP contribution is 2.24. The molecule has 0 atom stereocenters. The van der Waals surface area contributed by atoms with Crippen LogP contribution in [0.5, 0.6) is 5.75 Å². The fourth-order valence-electron chi connectivity index (χ4n) is 3.31. The topological polar surface area (TPSA) is 96.5 Å². The van der Waals surface area contributed by atoms with Crippen molar-refractivity contribution in [2.24, 2.45) is 0 Å². The molecule has 3 aromatic rings. The van der Waals surface area contributed by atoms with Gasteiger partial charge in [0.2, 0.25) is 0 Å². The third kappa shape index (κ3) is 7.52. The average molecular weight is 591 g/mol. The molecule has 0 spiro atoms. The Balaban J connectivity index is 1.65. The molecule has 0 radical (unpaired) electrons. The van der Waals surface area contributed by atoms with E-state index in [1.807, 2.05) is 26.0 Å². The molecule has 0 saturated carbocycles. The van der Waals surface area contributed by atoms with Gasteiger partial charge in [0.15, 0.2) is 5.11 Å². The van der Waals surface area contributed by atoms with E-state index in [1.165, 1.54) is 12.1 Å². The molecular formula is C26H28BrN3O4S2. The predicted molar refractivity (Wildman–Crippen MR) is 151 cm³/mol. The van der Waals surface area contributed by atoms with Gasteiger partial charge in [0.25, 0.3) is 15.9 Å². The number of anilines is 2. The van der Waals surface area contributed by atoms with E-state index in [-0.39, 0.29) is 10.0 Å². The molecule has 0 aliphatic heterocycles. The van der Waals surface area contributed by atoms with Crippen molar-refractivity contribution in [1.82, 2.24) is 5.32 Å². The highest BCUT2D eigenvalue weighted by Gasteiger charge is 2.17. The van der Waals surface area contributed by atoms with Crippen molar-refractivity contribution in [2.75, 3.05) is 16.6 Å². The van der Waals surface area contributed by atoms with Crippen molar-refractivity contribution in [3.05, 3.63) is 81.8 Å². The van der Waals surface area contributed by atoms with Crippen molar-refractivity contribution in [2.45, 2.75) is 38.5 Å². The first-order chi connectivity index (χ1) is 17.1. The van der Waals surface area contributed by atoms with Gasteiger partial charge >= 0.3 is 0 Å². The molecule has 3 aromatic carbocycles. The maximum atomic E-state index is 12.8. The van der Waals surface area contributed by atoms with Crippen LogP contribution in [0.15, 0.2) is 70.0 Å². The van der Waals surface area contributed by atoms with Gasteiger partial charge in [-0.05, 0) is 86.6 Å². The Hall–Kier alpha value is -2.95. The third-order valence-corrected chi connectivity index (χ3v) is 7.30. The molecule has 0 aliphatic carbocycles. The molecule has 0 heterocycles. The Bertz CT molecular complexity index is 1360. The number of unbranched alkanes of at least 4 members (excludes halogenated alkanes) is 1. The number of hydrogen-bond acceptors (Lipinski definition) is 5. The Kier molecular flexibility index (Phi) is 9.47. The van der Waals surface area contributed by atoms with Crippen molar-refractivity contribution in [3.63, 3.8) is 0 Å². The number of hydrogen-bond donors (Lipinski definition) is 3. The number of aryl methyl sites for hydroxylation is 2. The van der Waals surface area contributed by atoms with Gasteiger partial charge in [-0.15, -0.1) is 0 Å². The summed E-state index contributed by atoms with van der Waals surface area (Å²) < 4.78 is 34.7. The van der Waals surface area contributed by atoms with Gasteiger partial charge in [0, 0.05) is 10.2 Å². The average Bonchev–Trinajstić information content (AvgIpc) is 2.82. The lowest BCUT2D eigenvalue weighted by Gasteiger charge is -2.14. The largest absolute Gasteiger partial charge is 0.493 e. The predicted octanol–water partition coefficient (Wildman–Crippen LogP) is 6.17. The monoisotopic (exact) mass is 589 g/mol. The molecule has 190 valence electrons. The molecule has 0 unspecified atom stereocenters. The third-order valence-electron chi connectivity index (χ3n) is 5.22. The smallest absolute Gasteiger partial charge is 0.261 e. The van der Waals surface area contributed by atoms with Crippen LogP contribution in [0.4, 0.5) is 11.4 Å². The first kappa shape index (κ1) is 27.6. The zero-order valence-electron chi connectivity index (χ0n) is 20.2. The number of sulfonamides is 1. The fourth-order valence-corrected chi connectivity index (χ4v) is 5.02. The molecule has 1 amide bonds. The molecule has 3 rings (SSSR count). The lowest BCUT2D eigenvalue weighted by molar-refractivity contribution is 0.0973. The minimum Gasteiger partial charge on any atom is -0.493 e. The molecule has 0 saturated heterocycles. The molecule has 0 bridgehead atoms. The number of halogens is 1. The van der Waals surface area contributed by atoms with Gasteiger partial charge in [0.05, 0.1) is 22.8 Å². The summed E-state index contributed by atoms with van der Waals surface area (Å²) >= 11 is 8.66. The minimum absolute atomic E-state index is 0.0727. The van der Waals surface area contributed by atoms with Gasteiger partial charge in [-0.3, -0.25) is 14.8 Å². The lowest BCUT2D eigenvalue weighted by Crippen LogP contribution is -2.34. The van der Waals surface area contributed by atoms with Gasteiger partial charge < -0.3 is 10.1 Å². The van der Waals surface area contributed by atoms with E-state index in [2.05, 4.69) is 38.2 Å². The van der Waals surface area contributed by atoms with Gasteiger partial charge in [-0.1, -0.05) is 47.0 Å². The molecule has 3 N–H and O–H groups in total. The highest BCUT2D eigenvalue weighted by molar-refractivity contribution is 9.10. The second-order valence-electron chi connectivity index (χ2n) is 8.20. The number of carbonyl (C=O) groups is 1. The second-order valence-corrected chi connectivity index (χ2v) is 11.2. The molecule has 0 fully saturated rings. The Morgan fingerprint density at radius 3 is 2.42 bits per heavy atom. The van der Waals surface area contributed by atoms with E-state index >= 15 is 0 Å². The summed E-state index contributed by atoms with van der Waals surface area (Å²) in [5.74, 6) is 0.0509. The number of benzene rings is 3. The van der Waals surface area contributed by atoms with Crippen LogP contribution in [-0.4, -0.2) is 26.0 Å². The summed E-state index contributed by atoms with van der Waals surface area (Å²) in [5.41, 5.74) is 3.29. The second kappa shape index (κ2) is 12.3. The zero-order chi connectivity index (χ0) is 26.3. The molecule has 0 aliphatic rings. The summed E-state index contributed by atoms with van der Waals surface area (Å²) in [7, 11) is -3.77.